The first kappa shape index (κ1) is 12.1. The van der Waals surface area contributed by atoms with Crippen molar-refractivity contribution in [2.45, 2.75) is 34.7 Å². The highest BCUT2D eigenvalue weighted by atomic mass is 127. The van der Waals surface area contributed by atoms with Crippen LogP contribution in [0.15, 0.2) is 0 Å². The molecule has 4 heteroatoms. The zero-order valence-electron chi connectivity index (χ0n) is 7.57. The molecule has 0 saturated heterocycles. The lowest BCUT2D eigenvalue weighted by Crippen LogP contribution is -2.46. The maximum absolute atomic E-state index is 3.02. The average Bonchev–Trinajstić information content (AvgIpc) is 2.08. The van der Waals surface area contributed by atoms with Crippen LogP contribution >= 0.6 is 50.3 Å². The second-order valence-electron chi connectivity index (χ2n) is 3.89. The number of rotatable bonds is 0. The summed E-state index contributed by atoms with van der Waals surface area (Å²) in [5, 5.41) is 0. The molecule has 0 nitrogen and oxygen atoms in total. The molecule has 0 spiro atoms. The molecule has 1 rings (SSSR count). The molecule has 9 atom stereocenters. The van der Waals surface area contributed by atoms with Crippen molar-refractivity contribution in [3.8, 4) is 0 Å². The number of halogens is 1. The van der Waals surface area contributed by atoms with E-state index in [0.29, 0.717) is 0 Å². The largest absolute Gasteiger partial charge is 0.133 e. The van der Waals surface area contributed by atoms with Gasteiger partial charge in [0.15, 0.2) is 0 Å². The van der Waals surface area contributed by atoms with Crippen molar-refractivity contribution >= 4 is 50.3 Å². The summed E-state index contributed by atoms with van der Waals surface area (Å²) >= 11 is 2.61. The van der Waals surface area contributed by atoms with Crippen LogP contribution in [0.5, 0.6) is 0 Å². The summed E-state index contributed by atoms with van der Waals surface area (Å²) in [4.78, 5) is 0. The van der Waals surface area contributed by atoms with E-state index in [4.69, 9.17) is 0 Å². The van der Waals surface area contributed by atoms with E-state index in [2.05, 4.69) is 64.2 Å². The van der Waals surface area contributed by atoms with Gasteiger partial charge < -0.3 is 0 Å². The number of hydrogen-bond donors (Lipinski definition) is 0. The Kier molecular flexibility index (Phi) is 4.73. The standard InChI is InChI=1S/C8H18IP3/c1-3-5(9)6(10)4(2)8(12)7(3)11/h3-8H,10-12H2,1-2H3. The molecule has 0 amide bonds. The molecule has 12 heavy (non-hydrogen) atoms. The summed E-state index contributed by atoms with van der Waals surface area (Å²) in [6.07, 6.45) is 0. The van der Waals surface area contributed by atoms with Gasteiger partial charge in [0, 0.05) is 3.92 Å². The molecule has 1 saturated carbocycles. The second kappa shape index (κ2) is 4.69. The monoisotopic (exact) mass is 334 g/mol. The van der Waals surface area contributed by atoms with Crippen molar-refractivity contribution < 1.29 is 0 Å². The van der Waals surface area contributed by atoms with Crippen molar-refractivity contribution in [1.29, 1.82) is 0 Å². The maximum atomic E-state index is 3.02. The molecule has 1 aliphatic rings. The van der Waals surface area contributed by atoms with E-state index >= 15 is 0 Å². The lowest BCUT2D eigenvalue weighted by atomic mass is 9.82. The van der Waals surface area contributed by atoms with Gasteiger partial charge in [-0.1, -0.05) is 36.4 Å². The first-order chi connectivity index (χ1) is 5.46. The normalized spacial score (nSPS) is 55.5. The van der Waals surface area contributed by atoms with E-state index in [1.165, 1.54) is 0 Å². The molecule has 1 aliphatic carbocycles. The summed E-state index contributed by atoms with van der Waals surface area (Å²) in [5.74, 6) is 1.62. The van der Waals surface area contributed by atoms with Gasteiger partial charge in [-0.3, -0.25) is 0 Å². The van der Waals surface area contributed by atoms with Crippen LogP contribution in [-0.2, 0) is 0 Å². The summed E-state index contributed by atoms with van der Waals surface area (Å²) in [5.41, 5.74) is 2.31. The molecule has 0 N–H and O–H groups in total. The third-order valence-electron chi connectivity index (χ3n) is 3.14. The molecule has 72 valence electrons. The van der Waals surface area contributed by atoms with Gasteiger partial charge in [-0.05, 0) is 28.8 Å². The minimum absolute atomic E-state index is 0.763. The SMILES string of the molecule is CC1C(P)C(P)C(C)C(I)C1P. The van der Waals surface area contributed by atoms with E-state index < -0.39 is 0 Å². The molecule has 0 aromatic carbocycles. The first-order valence-electron chi connectivity index (χ1n) is 4.37. The zero-order chi connectivity index (χ0) is 9.46. The van der Waals surface area contributed by atoms with Gasteiger partial charge >= 0.3 is 0 Å². The highest BCUT2D eigenvalue weighted by Gasteiger charge is 2.40. The van der Waals surface area contributed by atoms with Gasteiger partial charge in [-0.25, -0.2) is 0 Å². The van der Waals surface area contributed by atoms with Gasteiger partial charge in [0.1, 0.15) is 0 Å². The van der Waals surface area contributed by atoms with Crippen LogP contribution in [0.1, 0.15) is 13.8 Å². The molecule has 0 heterocycles. The Morgan fingerprint density at radius 2 is 1.25 bits per heavy atom. The molecule has 0 aromatic rings. The van der Waals surface area contributed by atoms with Crippen LogP contribution < -0.4 is 0 Å². The van der Waals surface area contributed by atoms with E-state index in [1.54, 1.807) is 0 Å². The predicted octanol–water partition coefficient (Wildman–Crippen LogP) is 2.81. The minimum atomic E-state index is 0.763. The van der Waals surface area contributed by atoms with Crippen LogP contribution in [-0.4, -0.2) is 20.9 Å². The Labute approximate surface area is 96.5 Å². The van der Waals surface area contributed by atoms with Gasteiger partial charge in [0.05, 0.1) is 0 Å². The number of hydrogen-bond acceptors (Lipinski definition) is 0. The van der Waals surface area contributed by atoms with Gasteiger partial charge in [0.2, 0.25) is 0 Å². The van der Waals surface area contributed by atoms with Crippen LogP contribution in [0.2, 0.25) is 0 Å². The Morgan fingerprint density at radius 1 is 0.833 bits per heavy atom. The molecule has 0 bridgehead atoms. The second-order valence-corrected chi connectivity index (χ2v) is 7.64. The third-order valence-corrected chi connectivity index (χ3v) is 9.45. The summed E-state index contributed by atoms with van der Waals surface area (Å²) in [6.45, 7) is 4.73. The predicted molar refractivity (Wildman–Crippen MR) is 76.6 cm³/mol. The molecule has 1 fully saturated rings. The molecular weight excluding hydrogens is 316 g/mol. The smallest absolute Gasteiger partial charge is 0.0207 e. The zero-order valence-corrected chi connectivity index (χ0v) is 13.2. The van der Waals surface area contributed by atoms with Gasteiger partial charge in [-0.2, -0.15) is 0 Å². The van der Waals surface area contributed by atoms with Crippen molar-refractivity contribution in [3.05, 3.63) is 0 Å². The van der Waals surface area contributed by atoms with Gasteiger partial charge in [0.25, 0.3) is 0 Å². The summed E-state index contributed by atoms with van der Waals surface area (Å²) in [7, 11) is 9.04. The van der Waals surface area contributed by atoms with E-state index in [9.17, 15) is 0 Å². The van der Waals surface area contributed by atoms with Crippen molar-refractivity contribution in [3.63, 3.8) is 0 Å². The fourth-order valence-electron chi connectivity index (χ4n) is 1.81. The van der Waals surface area contributed by atoms with Crippen molar-refractivity contribution in [2.75, 3.05) is 0 Å². The quantitative estimate of drug-likeness (QED) is 0.363. The minimum Gasteiger partial charge on any atom is -0.133 e. The average molecular weight is 334 g/mol. The molecule has 9 unspecified atom stereocenters. The highest BCUT2D eigenvalue weighted by molar-refractivity contribution is 14.1. The topological polar surface area (TPSA) is 0 Å². The highest BCUT2D eigenvalue weighted by Crippen LogP contribution is 2.44. The molecule has 0 aliphatic heterocycles. The Balaban J connectivity index is 2.76. The van der Waals surface area contributed by atoms with Crippen molar-refractivity contribution in [2.24, 2.45) is 11.8 Å². The molecule has 0 radical (unpaired) electrons. The summed E-state index contributed by atoms with van der Waals surface area (Å²) in [6, 6.07) is 0. The van der Waals surface area contributed by atoms with E-state index in [0.717, 1.165) is 32.7 Å². The van der Waals surface area contributed by atoms with Crippen LogP contribution in [0.4, 0.5) is 0 Å². The van der Waals surface area contributed by atoms with E-state index in [-0.39, 0.29) is 0 Å². The van der Waals surface area contributed by atoms with Crippen molar-refractivity contribution in [1.82, 2.24) is 0 Å². The van der Waals surface area contributed by atoms with Crippen LogP contribution in [0.25, 0.3) is 0 Å². The first-order valence-corrected chi connectivity index (χ1v) is 7.62. The van der Waals surface area contributed by atoms with E-state index in [1.807, 2.05) is 0 Å². The number of alkyl halides is 1. The summed E-state index contributed by atoms with van der Waals surface area (Å²) < 4.78 is 0.807. The Morgan fingerprint density at radius 3 is 1.75 bits per heavy atom. The Hall–Kier alpha value is 2.02. The van der Waals surface area contributed by atoms with Gasteiger partial charge in [-0.15, -0.1) is 27.7 Å². The Bertz CT molecular complexity index is 106. The fraction of sp³-hybridized carbons (Fsp3) is 1.00. The maximum Gasteiger partial charge on any atom is 0.0207 e. The molecular formula is C8H18IP3. The fourth-order valence-corrected chi connectivity index (χ4v) is 5.46. The third kappa shape index (κ3) is 2.16. The molecule has 0 aromatic heterocycles. The van der Waals surface area contributed by atoms with Crippen LogP contribution in [0.3, 0.4) is 0 Å². The van der Waals surface area contributed by atoms with Crippen LogP contribution in [0, 0.1) is 11.8 Å². The lowest BCUT2D eigenvalue weighted by molar-refractivity contribution is 0.358. The lowest BCUT2D eigenvalue weighted by Gasteiger charge is -2.44.